The SMILES string of the molecule is CCC1(CNC(=O)N(CC(=O)O)c2cccc(Cl)c2)CC1. The highest BCUT2D eigenvalue weighted by Crippen LogP contribution is 2.47. The summed E-state index contributed by atoms with van der Waals surface area (Å²) in [5.41, 5.74) is 0.683. The quantitative estimate of drug-likeness (QED) is 0.848. The van der Waals surface area contributed by atoms with Gasteiger partial charge in [-0.1, -0.05) is 24.6 Å². The number of carboxylic acids is 1. The Morgan fingerprint density at radius 3 is 2.67 bits per heavy atom. The maximum Gasteiger partial charge on any atom is 0.323 e. The Bertz CT molecular complexity index is 543. The maximum absolute atomic E-state index is 12.3. The third kappa shape index (κ3) is 4.11. The van der Waals surface area contributed by atoms with Crippen molar-refractivity contribution >= 4 is 29.3 Å². The molecule has 1 aromatic carbocycles. The molecule has 2 rings (SSSR count). The number of urea groups is 1. The molecule has 1 aliphatic carbocycles. The van der Waals surface area contributed by atoms with Gasteiger partial charge in [0.05, 0.1) is 0 Å². The highest BCUT2D eigenvalue weighted by molar-refractivity contribution is 6.30. The number of benzene rings is 1. The molecule has 0 unspecified atom stereocenters. The molecule has 1 saturated carbocycles. The van der Waals surface area contributed by atoms with Crippen molar-refractivity contribution in [2.75, 3.05) is 18.0 Å². The van der Waals surface area contributed by atoms with E-state index in [1.54, 1.807) is 24.3 Å². The molecular weight excluding hydrogens is 292 g/mol. The molecule has 0 atom stereocenters. The van der Waals surface area contributed by atoms with Crippen molar-refractivity contribution in [3.05, 3.63) is 29.3 Å². The average molecular weight is 311 g/mol. The molecule has 0 aliphatic heterocycles. The lowest BCUT2D eigenvalue weighted by atomic mass is 10.0. The van der Waals surface area contributed by atoms with Crippen LogP contribution >= 0.6 is 11.6 Å². The van der Waals surface area contributed by atoms with Gasteiger partial charge >= 0.3 is 12.0 Å². The molecule has 0 bridgehead atoms. The van der Waals surface area contributed by atoms with E-state index in [1.165, 1.54) is 4.90 Å². The molecule has 21 heavy (non-hydrogen) atoms. The molecule has 0 saturated heterocycles. The van der Waals surface area contributed by atoms with Crippen LogP contribution in [0, 0.1) is 5.41 Å². The zero-order valence-corrected chi connectivity index (χ0v) is 12.7. The van der Waals surface area contributed by atoms with Gasteiger partial charge in [0.15, 0.2) is 0 Å². The van der Waals surface area contributed by atoms with Crippen molar-refractivity contribution in [1.29, 1.82) is 0 Å². The fourth-order valence-electron chi connectivity index (χ4n) is 2.25. The van der Waals surface area contributed by atoms with Gasteiger partial charge in [-0.05, 0) is 42.9 Å². The van der Waals surface area contributed by atoms with Crippen LogP contribution in [0.25, 0.3) is 0 Å². The lowest BCUT2D eigenvalue weighted by molar-refractivity contribution is -0.135. The van der Waals surface area contributed by atoms with Crippen molar-refractivity contribution in [2.24, 2.45) is 5.41 Å². The van der Waals surface area contributed by atoms with Crippen LogP contribution in [0.3, 0.4) is 0 Å². The van der Waals surface area contributed by atoms with Crippen molar-refractivity contribution in [1.82, 2.24) is 5.32 Å². The van der Waals surface area contributed by atoms with Gasteiger partial charge in [0.1, 0.15) is 6.54 Å². The van der Waals surface area contributed by atoms with Crippen molar-refractivity contribution in [2.45, 2.75) is 26.2 Å². The number of carbonyl (C=O) groups excluding carboxylic acids is 1. The molecule has 6 heteroatoms. The summed E-state index contributed by atoms with van der Waals surface area (Å²) in [5.74, 6) is -1.07. The summed E-state index contributed by atoms with van der Waals surface area (Å²) >= 11 is 5.91. The van der Waals surface area contributed by atoms with E-state index in [-0.39, 0.29) is 5.41 Å². The number of hydrogen-bond donors (Lipinski definition) is 2. The number of nitrogens with one attached hydrogen (secondary N) is 1. The second-order valence-electron chi connectivity index (χ2n) is 5.47. The van der Waals surface area contributed by atoms with Gasteiger partial charge in [0.2, 0.25) is 0 Å². The number of halogens is 1. The Hall–Kier alpha value is -1.75. The summed E-state index contributed by atoms with van der Waals surface area (Å²) in [7, 11) is 0. The molecule has 1 aromatic rings. The summed E-state index contributed by atoms with van der Waals surface area (Å²) in [6, 6.07) is 6.21. The van der Waals surface area contributed by atoms with E-state index in [2.05, 4.69) is 12.2 Å². The molecule has 5 nitrogen and oxygen atoms in total. The number of rotatable bonds is 6. The Kier molecular flexibility index (Phi) is 4.73. The lowest BCUT2D eigenvalue weighted by Crippen LogP contribution is -2.44. The van der Waals surface area contributed by atoms with E-state index in [0.717, 1.165) is 19.3 Å². The van der Waals surface area contributed by atoms with Gasteiger partial charge in [0, 0.05) is 17.3 Å². The van der Waals surface area contributed by atoms with Gasteiger partial charge in [0.25, 0.3) is 0 Å². The third-order valence-corrected chi connectivity index (χ3v) is 4.22. The van der Waals surface area contributed by atoms with Crippen molar-refractivity contribution in [3.63, 3.8) is 0 Å². The minimum Gasteiger partial charge on any atom is -0.480 e. The van der Waals surface area contributed by atoms with Crippen molar-refractivity contribution < 1.29 is 14.7 Å². The minimum absolute atomic E-state index is 0.207. The predicted molar refractivity (Wildman–Crippen MR) is 81.8 cm³/mol. The molecule has 1 aliphatic rings. The number of carboxylic acid groups (broad SMARTS) is 1. The summed E-state index contributed by atoms with van der Waals surface area (Å²) < 4.78 is 0. The number of hydrogen-bond acceptors (Lipinski definition) is 2. The van der Waals surface area contributed by atoms with Gasteiger partial charge < -0.3 is 10.4 Å². The number of aliphatic carboxylic acids is 1. The van der Waals surface area contributed by atoms with E-state index < -0.39 is 18.5 Å². The van der Waals surface area contributed by atoms with E-state index in [9.17, 15) is 9.59 Å². The third-order valence-electron chi connectivity index (χ3n) is 3.98. The van der Waals surface area contributed by atoms with Crippen LogP contribution in [0.15, 0.2) is 24.3 Å². The Morgan fingerprint density at radius 2 is 2.14 bits per heavy atom. The molecule has 0 aromatic heterocycles. The average Bonchev–Trinajstić information content (AvgIpc) is 3.23. The molecule has 1 fully saturated rings. The molecule has 0 radical (unpaired) electrons. The fraction of sp³-hybridized carbons (Fsp3) is 0.467. The van der Waals surface area contributed by atoms with Crippen LogP contribution in [-0.2, 0) is 4.79 Å². The zero-order chi connectivity index (χ0) is 15.5. The fourth-order valence-corrected chi connectivity index (χ4v) is 2.43. The van der Waals surface area contributed by atoms with E-state index >= 15 is 0 Å². The molecule has 2 N–H and O–H groups in total. The molecule has 0 heterocycles. The molecule has 2 amide bonds. The lowest BCUT2D eigenvalue weighted by Gasteiger charge is -2.23. The maximum atomic E-state index is 12.3. The first-order valence-electron chi connectivity index (χ1n) is 6.98. The van der Waals surface area contributed by atoms with Gasteiger partial charge in [-0.2, -0.15) is 0 Å². The number of amides is 2. The minimum atomic E-state index is -1.07. The normalized spacial score (nSPS) is 15.3. The second-order valence-corrected chi connectivity index (χ2v) is 5.91. The first-order valence-corrected chi connectivity index (χ1v) is 7.36. The van der Waals surface area contributed by atoms with E-state index in [4.69, 9.17) is 16.7 Å². The smallest absolute Gasteiger partial charge is 0.323 e. The monoisotopic (exact) mass is 310 g/mol. The molecule has 114 valence electrons. The Morgan fingerprint density at radius 1 is 1.43 bits per heavy atom. The van der Waals surface area contributed by atoms with E-state index in [0.29, 0.717) is 17.3 Å². The predicted octanol–water partition coefficient (Wildman–Crippen LogP) is 3.13. The van der Waals surface area contributed by atoms with Crippen LogP contribution in [0.5, 0.6) is 0 Å². The summed E-state index contributed by atoms with van der Waals surface area (Å²) in [6.07, 6.45) is 3.24. The van der Waals surface area contributed by atoms with Gasteiger partial charge in [-0.3, -0.25) is 9.69 Å². The van der Waals surface area contributed by atoms with Crippen molar-refractivity contribution in [3.8, 4) is 0 Å². The number of carbonyl (C=O) groups is 2. The molecule has 0 spiro atoms. The second kappa shape index (κ2) is 6.35. The summed E-state index contributed by atoms with van der Waals surface area (Å²) in [6.45, 7) is 2.29. The number of anilines is 1. The van der Waals surface area contributed by atoms with Crippen LogP contribution in [0.4, 0.5) is 10.5 Å². The summed E-state index contributed by atoms with van der Waals surface area (Å²) in [5, 5.41) is 12.3. The zero-order valence-electron chi connectivity index (χ0n) is 11.9. The Balaban J connectivity index is 2.08. The standard InChI is InChI=1S/C15H19ClN2O3/c1-2-15(6-7-15)10-17-14(21)18(9-13(19)20)12-5-3-4-11(16)8-12/h3-5,8H,2,6-7,9-10H2,1H3,(H,17,21)(H,19,20). The highest BCUT2D eigenvalue weighted by Gasteiger charge is 2.41. The topological polar surface area (TPSA) is 69.6 Å². The Labute approximate surface area is 128 Å². The summed E-state index contributed by atoms with van der Waals surface area (Å²) in [4.78, 5) is 24.5. The first-order chi connectivity index (χ1) is 9.96. The van der Waals surface area contributed by atoms with Crippen LogP contribution in [-0.4, -0.2) is 30.2 Å². The van der Waals surface area contributed by atoms with Crippen LogP contribution in [0.1, 0.15) is 26.2 Å². The highest BCUT2D eigenvalue weighted by atomic mass is 35.5. The first kappa shape index (κ1) is 15.6. The number of nitrogens with zero attached hydrogens (tertiary/aromatic N) is 1. The molecular formula is C15H19ClN2O3. The largest absolute Gasteiger partial charge is 0.480 e. The van der Waals surface area contributed by atoms with Gasteiger partial charge in [-0.25, -0.2) is 4.79 Å². The van der Waals surface area contributed by atoms with E-state index in [1.807, 2.05) is 0 Å². The van der Waals surface area contributed by atoms with Crippen LogP contribution in [0.2, 0.25) is 5.02 Å². The van der Waals surface area contributed by atoms with Crippen LogP contribution < -0.4 is 10.2 Å². The van der Waals surface area contributed by atoms with Gasteiger partial charge in [-0.15, -0.1) is 0 Å².